The van der Waals surface area contributed by atoms with Gasteiger partial charge >= 0.3 is 0 Å². The number of β-amino-alcohol motifs (C(OH)–C–C–N with tert-alkyl or cyclic N) is 2. The fraction of sp³-hybridized carbons (Fsp3) is 0.385. The summed E-state index contributed by atoms with van der Waals surface area (Å²) in [5.74, 6) is -0.126. The molecule has 0 saturated carbocycles. The van der Waals surface area contributed by atoms with Crippen LogP contribution in [0.25, 0.3) is 11.0 Å². The number of para-hydroxylation sites is 2. The Bertz CT molecular complexity index is 600. The summed E-state index contributed by atoms with van der Waals surface area (Å²) in [4.78, 5) is 17.8. The fourth-order valence-electron chi connectivity index (χ4n) is 2.36. The molecule has 19 heavy (non-hydrogen) atoms. The van der Waals surface area contributed by atoms with E-state index in [1.807, 2.05) is 24.3 Å². The molecule has 0 aliphatic carbocycles. The smallest absolute Gasteiger partial charge is 0.242 e. The Hall–Kier alpha value is -1.92. The zero-order chi connectivity index (χ0) is 13.4. The van der Waals surface area contributed by atoms with E-state index < -0.39 is 12.2 Å². The molecule has 3 rings (SSSR count). The summed E-state index contributed by atoms with van der Waals surface area (Å²) in [6, 6.07) is 7.59. The number of hydrogen-bond donors (Lipinski definition) is 2. The Morgan fingerprint density at radius 1 is 1.26 bits per heavy atom. The van der Waals surface area contributed by atoms with Gasteiger partial charge in [-0.2, -0.15) is 0 Å². The normalized spacial score (nSPS) is 23.2. The van der Waals surface area contributed by atoms with Crippen LogP contribution in [-0.2, 0) is 11.3 Å². The number of carbonyl (C=O) groups is 1. The van der Waals surface area contributed by atoms with Gasteiger partial charge in [-0.1, -0.05) is 12.1 Å². The number of rotatable bonds is 2. The first-order valence-corrected chi connectivity index (χ1v) is 6.19. The van der Waals surface area contributed by atoms with Crippen LogP contribution in [0, 0.1) is 0 Å². The van der Waals surface area contributed by atoms with E-state index in [0.29, 0.717) is 0 Å². The number of nitrogens with zero attached hydrogens (tertiary/aromatic N) is 3. The van der Waals surface area contributed by atoms with Gasteiger partial charge < -0.3 is 19.7 Å². The topological polar surface area (TPSA) is 78.6 Å². The number of hydrogen-bond acceptors (Lipinski definition) is 4. The first-order chi connectivity index (χ1) is 9.15. The number of aliphatic hydroxyl groups is 2. The lowest BCUT2D eigenvalue weighted by Gasteiger charge is -2.15. The van der Waals surface area contributed by atoms with Gasteiger partial charge in [-0.3, -0.25) is 4.79 Å². The van der Waals surface area contributed by atoms with E-state index in [0.717, 1.165) is 11.0 Å². The van der Waals surface area contributed by atoms with Gasteiger partial charge in [-0.05, 0) is 12.1 Å². The highest BCUT2D eigenvalue weighted by Crippen LogP contribution is 2.14. The van der Waals surface area contributed by atoms with Crippen molar-refractivity contribution in [1.82, 2.24) is 14.5 Å². The van der Waals surface area contributed by atoms with Crippen molar-refractivity contribution >= 4 is 16.9 Å². The molecule has 6 heteroatoms. The van der Waals surface area contributed by atoms with Crippen molar-refractivity contribution in [2.75, 3.05) is 13.1 Å². The Morgan fingerprint density at radius 3 is 2.68 bits per heavy atom. The number of fused-ring (bicyclic) bond motifs is 1. The molecule has 1 saturated heterocycles. The highest BCUT2D eigenvalue weighted by atomic mass is 16.3. The van der Waals surface area contributed by atoms with Crippen molar-refractivity contribution in [1.29, 1.82) is 0 Å². The number of benzene rings is 1. The minimum atomic E-state index is -0.844. The molecule has 1 aliphatic rings. The highest BCUT2D eigenvalue weighted by molar-refractivity contribution is 5.80. The predicted molar refractivity (Wildman–Crippen MR) is 68.3 cm³/mol. The second-order valence-corrected chi connectivity index (χ2v) is 4.79. The quantitative estimate of drug-likeness (QED) is 0.771. The van der Waals surface area contributed by atoms with Crippen LogP contribution in [0.3, 0.4) is 0 Å². The van der Waals surface area contributed by atoms with E-state index in [-0.39, 0.29) is 25.5 Å². The number of aromatic nitrogens is 2. The first kappa shape index (κ1) is 12.1. The van der Waals surface area contributed by atoms with Gasteiger partial charge in [0.05, 0.1) is 29.6 Å². The summed E-state index contributed by atoms with van der Waals surface area (Å²) in [7, 11) is 0. The molecule has 0 radical (unpaired) electrons. The summed E-state index contributed by atoms with van der Waals surface area (Å²) < 4.78 is 1.77. The van der Waals surface area contributed by atoms with E-state index in [1.54, 1.807) is 10.9 Å². The number of likely N-dealkylation sites (tertiary alicyclic amines) is 1. The molecule has 2 heterocycles. The van der Waals surface area contributed by atoms with Gasteiger partial charge in [0.15, 0.2) is 0 Å². The predicted octanol–water partition coefficient (Wildman–Crippen LogP) is -0.400. The largest absolute Gasteiger partial charge is 0.388 e. The Morgan fingerprint density at radius 2 is 1.95 bits per heavy atom. The highest BCUT2D eigenvalue weighted by Gasteiger charge is 2.32. The van der Waals surface area contributed by atoms with Gasteiger partial charge in [0.1, 0.15) is 6.54 Å². The van der Waals surface area contributed by atoms with Gasteiger partial charge in [0.2, 0.25) is 5.91 Å². The molecule has 1 amide bonds. The Balaban J connectivity index is 1.76. The zero-order valence-electron chi connectivity index (χ0n) is 10.3. The van der Waals surface area contributed by atoms with Crippen LogP contribution in [0.2, 0.25) is 0 Å². The third-order valence-corrected chi connectivity index (χ3v) is 3.44. The number of carbonyl (C=O) groups excluding carboxylic acids is 1. The second-order valence-electron chi connectivity index (χ2n) is 4.79. The van der Waals surface area contributed by atoms with E-state index in [4.69, 9.17) is 0 Å². The average molecular weight is 261 g/mol. The molecule has 2 aromatic rings. The summed E-state index contributed by atoms with van der Waals surface area (Å²) in [6.45, 7) is 0.541. The minimum absolute atomic E-state index is 0.126. The van der Waals surface area contributed by atoms with Gasteiger partial charge in [0.25, 0.3) is 0 Å². The fourth-order valence-corrected chi connectivity index (χ4v) is 2.36. The third-order valence-electron chi connectivity index (χ3n) is 3.44. The van der Waals surface area contributed by atoms with E-state index in [2.05, 4.69) is 4.98 Å². The summed E-state index contributed by atoms with van der Waals surface area (Å²) in [5.41, 5.74) is 1.74. The monoisotopic (exact) mass is 261 g/mol. The number of aliphatic hydroxyl groups excluding tert-OH is 2. The van der Waals surface area contributed by atoms with Crippen molar-refractivity contribution < 1.29 is 15.0 Å². The van der Waals surface area contributed by atoms with Crippen molar-refractivity contribution in [2.24, 2.45) is 0 Å². The molecule has 100 valence electrons. The molecule has 0 unspecified atom stereocenters. The molecule has 1 aromatic heterocycles. The summed E-state index contributed by atoms with van der Waals surface area (Å²) >= 11 is 0. The van der Waals surface area contributed by atoms with Crippen molar-refractivity contribution in [3.05, 3.63) is 30.6 Å². The van der Waals surface area contributed by atoms with Crippen LogP contribution in [0.15, 0.2) is 30.6 Å². The Labute approximate surface area is 109 Å². The Kier molecular flexibility index (Phi) is 2.96. The van der Waals surface area contributed by atoms with Gasteiger partial charge in [-0.15, -0.1) is 0 Å². The van der Waals surface area contributed by atoms with E-state index in [1.165, 1.54) is 4.90 Å². The minimum Gasteiger partial charge on any atom is -0.388 e. The molecular formula is C13H15N3O3. The van der Waals surface area contributed by atoms with Crippen LogP contribution < -0.4 is 0 Å². The maximum absolute atomic E-state index is 12.1. The maximum Gasteiger partial charge on any atom is 0.242 e. The summed E-state index contributed by atoms with van der Waals surface area (Å²) in [5, 5.41) is 18.9. The second kappa shape index (κ2) is 4.64. The molecule has 2 N–H and O–H groups in total. The van der Waals surface area contributed by atoms with Gasteiger partial charge in [0, 0.05) is 13.1 Å². The van der Waals surface area contributed by atoms with Crippen LogP contribution in [0.4, 0.5) is 0 Å². The molecule has 1 aromatic carbocycles. The van der Waals surface area contributed by atoms with E-state index >= 15 is 0 Å². The molecule has 2 atom stereocenters. The van der Waals surface area contributed by atoms with Crippen molar-refractivity contribution in [3.63, 3.8) is 0 Å². The molecule has 0 bridgehead atoms. The lowest BCUT2D eigenvalue weighted by Crippen LogP contribution is -2.32. The lowest BCUT2D eigenvalue weighted by molar-refractivity contribution is -0.131. The van der Waals surface area contributed by atoms with Crippen molar-refractivity contribution in [2.45, 2.75) is 18.8 Å². The zero-order valence-corrected chi connectivity index (χ0v) is 10.3. The summed E-state index contributed by atoms with van der Waals surface area (Å²) in [6.07, 6.45) is -0.0575. The molecule has 6 nitrogen and oxygen atoms in total. The van der Waals surface area contributed by atoms with E-state index in [9.17, 15) is 15.0 Å². The van der Waals surface area contributed by atoms with Crippen LogP contribution in [0.1, 0.15) is 0 Å². The number of amides is 1. The molecule has 1 aliphatic heterocycles. The third kappa shape index (κ3) is 2.20. The maximum atomic E-state index is 12.1. The number of imidazole rings is 1. The van der Waals surface area contributed by atoms with Crippen LogP contribution >= 0.6 is 0 Å². The van der Waals surface area contributed by atoms with Crippen LogP contribution in [0.5, 0.6) is 0 Å². The first-order valence-electron chi connectivity index (χ1n) is 6.19. The molecular weight excluding hydrogens is 246 g/mol. The molecule has 0 spiro atoms. The van der Waals surface area contributed by atoms with Crippen LogP contribution in [-0.4, -0.2) is 55.9 Å². The standard InChI is InChI=1S/C13H15N3O3/c17-11-5-15(6-12(11)18)13(19)7-16-8-14-9-3-1-2-4-10(9)16/h1-4,8,11-12,17-18H,5-7H2/t11-,12+. The lowest BCUT2D eigenvalue weighted by atomic mass is 10.3. The SMILES string of the molecule is O=C(Cn1cnc2ccccc21)N1C[C@@H](O)[C@@H](O)C1. The average Bonchev–Trinajstić information content (AvgIpc) is 2.95. The molecule has 1 fully saturated rings. The van der Waals surface area contributed by atoms with Gasteiger partial charge in [-0.25, -0.2) is 4.98 Å². The van der Waals surface area contributed by atoms with Crippen molar-refractivity contribution in [3.8, 4) is 0 Å².